The van der Waals surface area contributed by atoms with Gasteiger partial charge in [-0.05, 0) is 23.8 Å². The molecule has 0 aliphatic heterocycles. The zero-order chi connectivity index (χ0) is 11.8. The molecule has 0 saturated heterocycles. The van der Waals surface area contributed by atoms with Crippen molar-refractivity contribution in [3.8, 4) is 16.9 Å². The van der Waals surface area contributed by atoms with E-state index in [4.69, 9.17) is 5.73 Å². The second kappa shape index (κ2) is 3.48. The van der Waals surface area contributed by atoms with Crippen LogP contribution in [0, 0.1) is 0 Å². The van der Waals surface area contributed by atoms with Gasteiger partial charge in [0.25, 0.3) is 0 Å². The zero-order valence-corrected chi connectivity index (χ0v) is 8.88. The van der Waals surface area contributed by atoms with Crippen molar-refractivity contribution in [1.29, 1.82) is 0 Å². The lowest BCUT2D eigenvalue weighted by Gasteiger charge is -2.01. The Bertz CT molecular complexity index is 673. The fourth-order valence-corrected chi connectivity index (χ4v) is 1.73. The Balaban J connectivity index is 2.17. The normalized spacial score (nSPS) is 10.8. The second-order valence-corrected chi connectivity index (χ2v) is 3.78. The number of nitrogens with one attached hydrogen (secondary N) is 1. The smallest absolute Gasteiger partial charge is 0.183 e. The predicted molar refractivity (Wildman–Crippen MR) is 65.4 cm³/mol. The van der Waals surface area contributed by atoms with E-state index >= 15 is 0 Å². The third-order valence-electron chi connectivity index (χ3n) is 2.64. The van der Waals surface area contributed by atoms with Crippen LogP contribution in [0.25, 0.3) is 22.2 Å². The number of benzene rings is 1. The molecule has 0 atom stereocenters. The lowest BCUT2D eigenvalue weighted by Crippen LogP contribution is -1.85. The van der Waals surface area contributed by atoms with Crippen LogP contribution in [-0.2, 0) is 0 Å². The summed E-state index contributed by atoms with van der Waals surface area (Å²) in [6, 6.07) is 8.85. The lowest BCUT2D eigenvalue weighted by molar-refractivity contribution is 0.475. The first-order valence-electron chi connectivity index (χ1n) is 5.13. The summed E-state index contributed by atoms with van der Waals surface area (Å²) in [6.45, 7) is 0. The highest BCUT2D eigenvalue weighted by molar-refractivity contribution is 5.89. The SMILES string of the molecule is Nc1[nH]nc2ncc(-c3ccc(O)cc3)cc12. The van der Waals surface area contributed by atoms with Crippen molar-refractivity contribution in [2.45, 2.75) is 0 Å². The molecule has 0 spiro atoms. The van der Waals surface area contributed by atoms with Gasteiger partial charge in [-0.3, -0.25) is 5.10 Å². The van der Waals surface area contributed by atoms with Gasteiger partial charge in [0, 0.05) is 11.8 Å². The Morgan fingerprint density at radius 2 is 1.88 bits per heavy atom. The fraction of sp³-hybridized carbons (Fsp3) is 0. The number of anilines is 1. The maximum absolute atomic E-state index is 9.24. The number of phenols is 1. The van der Waals surface area contributed by atoms with Crippen molar-refractivity contribution >= 4 is 16.9 Å². The fourth-order valence-electron chi connectivity index (χ4n) is 1.73. The molecular weight excluding hydrogens is 216 g/mol. The molecule has 17 heavy (non-hydrogen) atoms. The topological polar surface area (TPSA) is 87.8 Å². The van der Waals surface area contributed by atoms with E-state index in [1.165, 1.54) is 0 Å². The highest BCUT2D eigenvalue weighted by atomic mass is 16.3. The minimum atomic E-state index is 0.241. The number of nitrogen functional groups attached to an aromatic ring is 1. The highest BCUT2D eigenvalue weighted by Crippen LogP contribution is 2.25. The van der Waals surface area contributed by atoms with Crippen LogP contribution in [0.4, 0.5) is 5.82 Å². The monoisotopic (exact) mass is 226 g/mol. The number of nitrogens with two attached hydrogens (primary N) is 1. The van der Waals surface area contributed by atoms with Crippen LogP contribution in [-0.4, -0.2) is 20.3 Å². The molecule has 3 aromatic rings. The first-order valence-corrected chi connectivity index (χ1v) is 5.13. The summed E-state index contributed by atoms with van der Waals surface area (Å²) >= 11 is 0. The standard InChI is InChI=1S/C12H10N4O/c13-11-10-5-8(6-14-12(10)16-15-11)7-1-3-9(17)4-2-7/h1-6,17H,(H3,13,14,15,16). The largest absolute Gasteiger partial charge is 0.508 e. The van der Waals surface area contributed by atoms with Gasteiger partial charge in [-0.15, -0.1) is 0 Å². The number of hydrogen-bond acceptors (Lipinski definition) is 4. The van der Waals surface area contributed by atoms with E-state index in [0.29, 0.717) is 11.5 Å². The van der Waals surface area contributed by atoms with Gasteiger partial charge in [0.15, 0.2) is 5.65 Å². The first-order chi connectivity index (χ1) is 8.24. The van der Waals surface area contributed by atoms with Crippen molar-refractivity contribution < 1.29 is 5.11 Å². The maximum Gasteiger partial charge on any atom is 0.183 e. The Morgan fingerprint density at radius 3 is 2.65 bits per heavy atom. The summed E-state index contributed by atoms with van der Waals surface area (Å²) in [5, 5.41) is 16.7. The van der Waals surface area contributed by atoms with Crippen LogP contribution in [0.2, 0.25) is 0 Å². The van der Waals surface area contributed by atoms with Gasteiger partial charge in [-0.25, -0.2) is 4.98 Å². The van der Waals surface area contributed by atoms with Gasteiger partial charge in [-0.2, -0.15) is 5.10 Å². The van der Waals surface area contributed by atoms with E-state index in [0.717, 1.165) is 16.5 Å². The molecule has 0 aliphatic rings. The van der Waals surface area contributed by atoms with Gasteiger partial charge in [0.05, 0.1) is 5.39 Å². The third kappa shape index (κ3) is 1.57. The summed E-state index contributed by atoms with van der Waals surface area (Å²) in [5.74, 6) is 0.749. The van der Waals surface area contributed by atoms with Crippen LogP contribution >= 0.6 is 0 Å². The number of hydrogen-bond donors (Lipinski definition) is 3. The number of nitrogens with zero attached hydrogens (tertiary/aromatic N) is 2. The molecule has 0 bridgehead atoms. The number of fused-ring (bicyclic) bond motifs is 1. The maximum atomic E-state index is 9.24. The van der Waals surface area contributed by atoms with Gasteiger partial charge < -0.3 is 10.8 Å². The zero-order valence-electron chi connectivity index (χ0n) is 8.88. The van der Waals surface area contributed by atoms with E-state index in [2.05, 4.69) is 15.2 Å². The highest BCUT2D eigenvalue weighted by Gasteiger charge is 2.05. The number of aromatic hydroxyl groups is 1. The molecule has 0 saturated carbocycles. The molecule has 5 nitrogen and oxygen atoms in total. The molecule has 0 fully saturated rings. The predicted octanol–water partition coefficient (Wildman–Crippen LogP) is 1.91. The molecular formula is C12H10N4O. The van der Waals surface area contributed by atoms with Crippen molar-refractivity contribution in [3.05, 3.63) is 36.5 Å². The minimum absolute atomic E-state index is 0.241. The summed E-state index contributed by atoms with van der Waals surface area (Å²) in [5.41, 5.74) is 8.26. The van der Waals surface area contributed by atoms with Gasteiger partial charge >= 0.3 is 0 Å². The van der Waals surface area contributed by atoms with Crippen molar-refractivity contribution in [3.63, 3.8) is 0 Å². The van der Waals surface area contributed by atoms with E-state index in [1.54, 1.807) is 18.3 Å². The first kappa shape index (κ1) is 9.65. The van der Waals surface area contributed by atoms with Gasteiger partial charge in [0.2, 0.25) is 0 Å². The molecule has 0 amide bonds. The Labute approximate surface area is 96.9 Å². The quantitative estimate of drug-likeness (QED) is 0.591. The molecule has 5 heteroatoms. The van der Waals surface area contributed by atoms with E-state index < -0.39 is 0 Å². The molecule has 0 unspecified atom stereocenters. The molecule has 0 aliphatic carbocycles. The van der Waals surface area contributed by atoms with E-state index in [9.17, 15) is 5.11 Å². The molecule has 84 valence electrons. The third-order valence-corrected chi connectivity index (χ3v) is 2.64. The van der Waals surface area contributed by atoms with Crippen LogP contribution in [0.5, 0.6) is 5.75 Å². The van der Waals surface area contributed by atoms with E-state index in [1.807, 2.05) is 18.2 Å². The van der Waals surface area contributed by atoms with Crippen LogP contribution in [0.15, 0.2) is 36.5 Å². The van der Waals surface area contributed by atoms with E-state index in [-0.39, 0.29) is 5.75 Å². The molecule has 4 N–H and O–H groups in total. The van der Waals surface area contributed by atoms with Gasteiger partial charge in [-0.1, -0.05) is 12.1 Å². The summed E-state index contributed by atoms with van der Waals surface area (Å²) in [6.07, 6.45) is 1.73. The Morgan fingerprint density at radius 1 is 1.12 bits per heavy atom. The molecule has 2 aromatic heterocycles. The van der Waals surface area contributed by atoms with Crippen molar-refractivity contribution in [2.75, 3.05) is 5.73 Å². The average Bonchev–Trinajstić information content (AvgIpc) is 2.72. The number of aromatic amines is 1. The van der Waals surface area contributed by atoms with Gasteiger partial charge in [0.1, 0.15) is 11.6 Å². The Hall–Kier alpha value is -2.56. The molecule has 2 heterocycles. The molecule has 1 aromatic carbocycles. The number of pyridine rings is 1. The number of aromatic nitrogens is 3. The number of H-pyrrole nitrogens is 1. The van der Waals surface area contributed by atoms with Crippen LogP contribution in [0.3, 0.4) is 0 Å². The summed E-state index contributed by atoms with van der Waals surface area (Å²) in [7, 11) is 0. The lowest BCUT2D eigenvalue weighted by atomic mass is 10.1. The average molecular weight is 226 g/mol. The number of phenolic OH excluding ortho intramolecular Hbond substituents is 1. The Kier molecular flexibility index (Phi) is 1.98. The summed E-state index contributed by atoms with van der Waals surface area (Å²) < 4.78 is 0. The minimum Gasteiger partial charge on any atom is -0.508 e. The van der Waals surface area contributed by atoms with Crippen LogP contribution < -0.4 is 5.73 Å². The second-order valence-electron chi connectivity index (χ2n) is 3.78. The van der Waals surface area contributed by atoms with Crippen molar-refractivity contribution in [2.24, 2.45) is 0 Å². The number of rotatable bonds is 1. The van der Waals surface area contributed by atoms with Crippen molar-refractivity contribution in [1.82, 2.24) is 15.2 Å². The molecule has 0 radical (unpaired) electrons. The molecule has 3 rings (SSSR count). The summed E-state index contributed by atoms with van der Waals surface area (Å²) in [4.78, 5) is 4.22. The van der Waals surface area contributed by atoms with Crippen LogP contribution in [0.1, 0.15) is 0 Å².